The molecule has 0 saturated carbocycles. The van der Waals surface area contributed by atoms with Gasteiger partial charge in [-0.1, -0.05) is 0 Å². The van der Waals surface area contributed by atoms with E-state index >= 15 is 0 Å². The summed E-state index contributed by atoms with van der Waals surface area (Å²) in [7, 11) is 1.35. The Morgan fingerprint density at radius 3 is 2.52 bits per heavy atom. The summed E-state index contributed by atoms with van der Waals surface area (Å²) in [5.74, 6) is 0.334. The maximum absolute atomic E-state index is 12.4. The molecule has 0 fully saturated rings. The van der Waals surface area contributed by atoms with Gasteiger partial charge in [0.1, 0.15) is 5.82 Å². The number of rotatable bonds is 4. The lowest BCUT2D eigenvalue weighted by Gasteiger charge is -2.11. The molecule has 0 amide bonds. The van der Waals surface area contributed by atoms with E-state index < -0.39 is 6.61 Å². The van der Waals surface area contributed by atoms with Crippen LogP contribution in [0.25, 0.3) is 11.4 Å². The number of benzene rings is 1. The summed E-state index contributed by atoms with van der Waals surface area (Å²) >= 11 is 0. The predicted molar refractivity (Wildman–Crippen MR) is 73.0 cm³/mol. The average Bonchev–Trinajstić information content (AvgIpc) is 2.43. The van der Waals surface area contributed by atoms with E-state index in [2.05, 4.69) is 14.7 Å². The minimum atomic E-state index is -2.97. The number of nitrogens with zero attached hydrogens (tertiary/aromatic N) is 1. The van der Waals surface area contributed by atoms with Crippen LogP contribution in [0.1, 0.15) is 11.3 Å². The smallest absolute Gasteiger partial charge is 0.387 e. The zero-order valence-electron chi connectivity index (χ0n) is 11.7. The summed E-state index contributed by atoms with van der Waals surface area (Å²) in [4.78, 5) is 18.6. The molecule has 0 spiro atoms. The molecule has 112 valence electrons. The minimum absolute atomic E-state index is 0.120. The Morgan fingerprint density at radius 2 is 1.95 bits per heavy atom. The second kappa shape index (κ2) is 5.90. The summed E-state index contributed by atoms with van der Waals surface area (Å²) in [6, 6.07) is 4.42. The van der Waals surface area contributed by atoms with Gasteiger partial charge in [-0.05, 0) is 32.0 Å². The summed E-state index contributed by atoms with van der Waals surface area (Å²) in [5.41, 5.74) is 1.26. The number of aromatic amines is 1. The van der Waals surface area contributed by atoms with E-state index in [0.717, 1.165) is 0 Å². The van der Waals surface area contributed by atoms with Crippen LogP contribution >= 0.6 is 0 Å². The van der Waals surface area contributed by atoms with Crippen LogP contribution in [0.3, 0.4) is 0 Å². The Kier molecular flexibility index (Phi) is 4.21. The van der Waals surface area contributed by atoms with Crippen LogP contribution in [0.4, 0.5) is 8.78 Å². The predicted octanol–water partition coefficient (Wildman–Crippen LogP) is 2.66. The SMILES string of the molecule is COc1ccc(-c2nc(C)c(C)c(=O)[nH]2)cc1OC(F)F. The van der Waals surface area contributed by atoms with Crippen molar-refractivity contribution in [1.82, 2.24) is 9.97 Å². The molecule has 0 radical (unpaired) electrons. The number of aryl methyl sites for hydroxylation is 1. The van der Waals surface area contributed by atoms with E-state index in [1.165, 1.54) is 19.2 Å². The molecule has 2 aromatic rings. The van der Waals surface area contributed by atoms with Crippen molar-refractivity contribution < 1.29 is 18.3 Å². The lowest BCUT2D eigenvalue weighted by Crippen LogP contribution is -2.14. The van der Waals surface area contributed by atoms with Crippen LogP contribution < -0.4 is 15.0 Å². The Labute approximate surface area is 119 Å². The molecular formula is C14H14F2N2O3. The van der Waals surface area contributed by atoms with Gasteiger partial charge in [-0.15, -0.1) is 0 Å². The average molecular weight is 296 g/mol. The highest BCUT2D eigenvalue weighted by Gasteiger charge is 2.13. The number of methoxy groups -OCH3 is 1. The maximum Gasteiger partial charge on any atom is 0.387 e. The topological polar surface area (TPSA) is 64.2 Å². The highest BCUT2D eigenvalue weighted by Crippen LogP contribution is 2.32. The van der Waals surface area contributed by atoms with Gasteiger partial charge in [0.2, 0.25) is 0 Å². The van der Waals surface area contributed by atoms with E-state index in [1.807, 2.05) is 0 Å². The number of hydrogen-bond donors (Lipinski definition) is 1. The second-order valence-electron chi connectivity index (χ2n) is 4.37. The molecule has 1 aromatic heterocycles. The number of H-pyrrole nitrogens is 1. The lowest BCUT2D eigenvalue weighted by atomic mass is 10.1. The van der Waals surface area contributed by atoms with Crippen molar-refractivity contribution in [2.24, 2.45) is 0 Å². The van der Waals surface area contributed by atoms with Gasteiger partial charge in [0.25, 0.3) is 5.56 Å². The molecule has 0 aliphatic rings. The third kappa shape index (κ3) is 3.18. The number of hydrogen-bond acceptors (Lipinski definition) is 4. The molecule has 0 aliphatic carbocycles. The van der Waals surface area contributed by atoms with Crippen LogP contribution in [-0.2, 0) is 0 Å². The van der Waals surface area contributed by atoms with Crippen LogP contribution in [0.15, 0.2) is 23.0 Å². The fourth-order valence-electron chi connectivity index (χ4n) is 1.79. The normalized spacial score (nSPS) is 10.8. The van der Waals surface area contributed by atoms with Crippen LogP contribution in [0.2, 0.25) is 0 Å². The fraction of sp³-hybridized carbons (Fsp3) is 0.286. The molecule has 1 heterocycles. The molecule has 2 rings (SSSR count). The van der Waals surface area contributed by atoms with Crippen molar-refractivity contribution in [1.29, 1.82) is 0 Å². The number of ether oxygens (including phenoxy) is 2. The van der Waals surface area contributed by atoms with E-state index in [9.17, 15) is 13.6 Å². The quantitative estimate of drug-likeness (QED) is 0.942. The van der Waals surface area contributed by atoms with Gasteiger partial charge in [0.15, 0.2) is 11.5 Å². The van der Waals surface area contributed by atoms with Crippen molar-refractivity contribution in [3.63, 3.8) is 0 Å². The van der Waals surface area contributed by atoms with Crippen molar-refractivity contribution in [3.05, 3.63) is 39.8 Å². The number of aromatic nitrogens is 2. The van der Waals surface area contributed by atoms with Crippen molar-refractivity contribution in [2.75, 3.05) is 7.11 Å². The van der Waals surface area contributed by atoms with Crippen molar-refractivity contribution >= 4 is 0 Å². The molecular weight excluding hydrogens is 282 g/mol. The molecule has 0 unspecified atom stereocenters. The van der Waals surface area contributed by atoms with Crippen LogP contribution in [0, 0.1) is 13.8 Å². The molecule has 21 heavy (non-hydrogen) atoms. The van der Waals surface area contributed by atoms with Gasteiger partial charge in [0, 0.05) is 16.8 Å². The summed E-state index contributed by atoms with van der Waals surface area (Å²) in [6.07, 6.45) is 0. The lowest BCUT2D eigenvalue weighted by molar-refractivity contribution is -0.0511. The van der Waals surface area contributed by atoms with E-state index in [4.69, 9.17) is 4.74 Å². The molecule has 0 atom stereocenters. The first-order valence-electron chi connectivity index (χ1n) is 6.13. The number of nitrogens with one attached hydrogen (secondary N) is 1. The van der Waals surface area contributed by atoms with Gasteiger partial charge >= 0.3 is 6.61 Å². The third-order valence-corrected chi connectivity index (χ3v) is 3.05. The summed E-state index contributed by atoms with van der Waals surface area (Å²) < 4.78 is 34.2. The van der Waals surface area contributed by atoms with Gasteiger partial charge < -0.3 is 14.5 Å². The Morgan fingerprint density at radius 1 is 1.24 bits per heavy atom. The van der Waals surface area contributed by atoms with Gasteiger partial charge in [-0.2, -0.15) is 8.78 Å². The van der Waals surface area contributed by atoms with Crippen LogP contribution in [0.5, 0.6) is 11.5 Å². The monoisotopic (exact) mass is 296 g/mol. The number of halogens is 2. The third-order valence-electron chi connectivity index (χ3n) is 3.05. The zero-order chi connectivity index (χ0) is 15.6. The molecule has 0 aliphatic heterocycles. The Bertz CT molecular complexity index is 714. The fourth-order valence-corrected chi connectivity index (χ4v) is 1.79. The van der Waals surface area contributed by atoms with E-state index in [-0.39, 0.29) is 22.9 Å². The van der Waals surface area contributed by atoms with Crippen LogP contribution in [-0.4, -0.2) is 23.7 Å². The first-order valence-corrected chi connectivity index (χ1v) is 6.13. The second-order valence-corrected chi connectivity index (χ2v) is 4.37. The number of alkyl halides is 2. The first kappa shape index (κ1) is 15.0. The highest BCUT2D eigenvalue weighted by atomic mass is 19.3. The molecule has 7 heteroatoms. The van der Waals surface area contributed by atoms with E-state index in [1.54, 1.807) is 19.9 Å². The standard InChI is InChI=1S/C14H14F2N2O3/c1-7-8(2)17-12(18-13(7)19)9-4-5-10(20-3)11(6-9)21-14(15)16/h4-6,14H,1-3H3,(H,17,18,19). The highest BCUT2D eigenvalue weighted by molar-refractivity contribution is 5.61. The largest absolute Gasteiger partial charge is 0.493 e. The van der Waals surface area contributed by atoms with Gasteiger partial charge in [-0.3, -0.25) is 4.79 Å². The molecule has 0 bridgehead atoms. The molecule has 0 saturated heterocycles. The summed E-state index contributed by atoms with van der Waals surface area (Å²) in [5, 5.41) is 0. The van der Waals surface area contributed by atoms with Crippen molar-refractivity contribution in [3.8, 4) is 22.9 Å². The minimum Gasteiger partial charge on any atom is -0.493 e. The first-order chi connectivity index (χ1) is 9.92. The molecule has 1 aromatic carbocycles. The maximum atomic E-state index is 12.4. The zero-order valence-corrected chi connectivity index (χ0v) is 11.7. The van der Waals surface area contributed by atoms with E-state index in [0.29, 0.717) is 16.8 Å². The van der Waals surface area contributed by atoms with Gasteiger partial charge in [0.05, 0.1) is 7.11 Å². The van der Waals surface area contributed by atoms with Gasteiger partial charge in [-0.25, -0.2) is 4.98 Å². The molecule has 1 N–H and O–H groups in total. The Balaban J connectivity index is 2.52. The Hall–Kier alpha value is -2.44. The van der Waals surface area contributed by atoms with Crippen molar-refractivity contribution in [2.45, 2.75) is 20.5 Å². The summed E-state index contributed by atoms with van der Waals surface area (Å²) in [6.45, 7) is 0.388. The molecule has 5 nitrogen and oxygen atoms in total.